The Morgan fingerprint density at radius 2 is 2.41 bits per heavy atom. The van der Waals surface area contributed by atoms with Gasteiger partial charge in [0.1, 0.15) is 5.82 Å². The second-order valence-electron chi connectivity index (χ2n) is 4.62. The minimum Gasteiger partial charge on any atom is -0.376 e. The fraction of sp³-hybridized carbons (Fsp3) is 0.583. The molecule has 0 spiro atoms. The molecule has 3 N–H and O–H groups in total. The molecule has 1 aromatic heterocycles. The summed E-state index contributed by atoms with van der Waals surface area (Å²) in [4.78, 5) is 6.53. The van der Waals surface area contributed by atoms with E-state index in [1.807, 2.05) is 12.1 Å². The van der Waals surface area contributed by atoms with E-state index in [1.165, 1.54) is 5.56 Å². The lowest BCUT2D eigenvalue weighted by atomic mass is 10.1. The highest BCUT2D eigenvalue weighted by atomic mass is 16.5. The average molecular weight is 236 g/mol. The van der Waals surface area contributed by atoms with E-state index in [0.29, 0.717) is 18.0 Å². The highest BCUT2D eigenvalue weighted by molar-refractivity contribution is 5.35. The van der Waals surface area contributed by atoms with Crippen LogP contribution in [0.5, 0.6) is 0 Å². The van der Waals surface area contributed by atoms with E-state index in [-0.39, 0.29) is 0 Å². The third-order valence-corrected chi connectivity index (χ3v) is 3.09. The third kappa shape index (κ3) is 3.15. The van der Waals surface area contributed by atoms with Crippen molar-refractivity contribution in [2.45, 2.75) is 32.5 Å². The quantitative estimate of drug-likeness (QED) is 0.605. The zero-order chi connectivity index (χ0) is 12.3. The van der Waals surface area contributed by atoms with Gasteiger partial charge in [-0.05, 0) is 31.5 Å². The number of hydrogen-bond donors (Lipinski definition) is 2. The minimum absolute atomic E-state index is 0.306. The summed E-state index contributed by atoms with van der Waals surface area (Å²) in [7, 11) is 0. The Hall–Kier alpha value is -1.17. The third-order valence-electron chi connectivity index (χ3n) is 3.09. The maximum Gasteiger partial charge on any atom is 0.140 e. The summed E-state index contributed by atoms with van der Waals surface area (Å²) in [5.41, 5.74) is 3.79. The van der Waals surface area contributed by atoms with Crippen LogP contribution in [0.15, 0.2) is 18.3 Å². The van der Waals surface area contributed by atoms with Crippen LogP contribution in [0.4, 0.5) is 5.82 Å². The lowest BCUT2D eigenvalue weighted by Crippen LogP contribution is -2.46. The summed E-state index contributed by atoms with van der Waals surface area (Å²) >= 11 is 0. The van der Waals surface area contributed by atoms with Crippen LogP contribution in [0.1, 0.15) is 19.4 Å². The van der Waals surface area contributed by atoms with Gasteiger partial charge in [-0.1, -0.05) is 0 Å². The number of pyridine rings is 1. The topological polar surface area (TPSA) is 63.4 Å². The van der Waals surface area contributed by atoms with Gasteiger partial charge in [0.05, 0.1) is 12.7 Å². The lowest BCUT2D eigenvalue weighted by molar-refractivity contribution is -0.0526. The molecule has 0 amide bonds. The number of hydrazine groups is 1. The minimum atomic E-state index is 0.306. The summed E-state index contributed by atoms with van der Waals surface area (Å²) in [5, 5.41) is 0. The SMILES string of the molecule is CC1CN(Cc2ccnc(NN)c2)C(C)CO1. The molecule has 0 saturated carbocycles. The van der Waals surface area contributed by atoms with Gasteiger partial charge in [0.15, 0.2) is 0 Å². The highest BCUT2D eigenvalue weighted by Gasteiger charge is 2.23. The average Bonchev–Trinajstić information content (AvgIpc) is 2.34. The van der Waals surface area contributed by atoms with Gasteiger partial charge in [-0.3, -0.25) is 4.90 Å². The molecule has 1 aliphatic heterocycles. The Morgan fingerprint density at radius 1 is 1.59 bits per heavy atom. The van der Waals surface area contributed by atoms with Crippen LogP contribution < -0.4 is 11.3 Å². The standard InChI is InChI=1S/C12H20N4O/c1-9-8-17-10(2)6-16(9)7-11-3-4-14-12(5-11)15-13/h3-5,9-10H,6-8,13H2,1-2H3,(H,14,15). The van der Waals surface area contributed by atoms with Crippen molar-refractivity contribution >= 4 is 5.82 Å². The van der Waals surface area contributed by atoms with E-state index in [9.17, 15) is 0 Å². The van der Waals surface area contributed by atoms with Crippen LogP contribution in [0.2, 0.25) is 0 Å². The first-order valence-electron chi connectivity index (χ1n) is 5.96. The van der Waals surface area contributed by atoms with Gasteiger partial charge in [-0.25, -0.2) is 10.8 Å². The second-order valence-corrected chi connectivity index (χ2v) is 4.62. The first kappa shape index (κ1) is 12.3. The zero-order valence-electron chi connectivity index (χ0n) is 10.4. The number of aromatic nitrogens is 1. The fourth-order valence-corrected chi connectivity index (χ4v) is 2.08. The predicted octanol–water partition coefficient (Wildman–Crippen LogP) is 0.976. The number of ether oxygens (including phenoxy) is 1. The summed E-state index contributed by atoms with van der Waals surface area (Å²) in [6.07, 6.45) is 2.08. The van der Waals surface area contributed by atoms with E-state index < -0.39 is 0 Å². The van der Waals surface area contributed by atoms with Crippen molar-refractivity contribution in [2.75, 3.05) is 18.6 Å². The highest BCUT2D eigenvalue weighted by Crippen LogP contribution is 2.16. The van der Waals surface area contributed by atoms with Gasteiger partial charge < -0.3 is 10.2 Å². The Kier molecular flexibility index (Phi) is 3.93. The predicted molar refractivity (Wildman–Crippen MR) is 67.3 cm³/mol. The molecule has 17 heavy (non-hydrogen) atoms. The largest absolute Gasteiger partial charge is 0.376 e. The van der Waals surface area contributed by atoms with Gasteiger partial charge in [0.2, 0.25) is 0 Å². The molecule has 2 unspecified atom stereocenters. The van der Waals surface area contributed by atoms with Crippen molar-refractivity contribution in [3.63, 3.8) is 0 Å². The van der Waals surface area contributed by atoms with Crippen molar-refractivity contribution in [2.24, 2.45) is 5.84 Å². The Labute approximate surface area is 102 Å². The van der Waals surface area contributed by atoms with Gasteiger partial charge in [-0.15, -0.1) is 0 Å². The molecular formula is C12H20N4O. The Balaban J connectivity index is 2.03. The molecule has 5 nitrogen and oxygen atoms in total. The van der Waals surface area contributed by atoms with Gasteiger partial charge in [-0.2, -0.15) is 0 Å². The fourth-order valence-electron chi connectivity index (χ4n) is 2.08. The first-order chi connectivity index (χ1) is 8.19. The second kappa shape index (κ2) is 5.44. The number of nitrogens with two attached hydrogens (primary N) is 1. The summed E-state index contributed by atoms with van der Waals surface area (Å²) in [5.74, 6) is 6.06. The van der Waals surface area contributed by atoms with Crippen LogP contribution in [-0.2, 0) is 11.3 Å². The molecule has 0 radical (unpaired) electrons. The van der Waals surface area contributed by atoms with Crippen molar-refractivity contribution in [1.82, 2.24) is 9.88 Å². The molecule has 1 fully saturated rings. The van der Waals surface area contributed by atoms with E-state index in [2.05, 4.69) is 29.2 Å². The molecule has 0 aliphatic carbocycles. The number of nitrogen functional groups attached to an aromatic ring is 1. The zero-order valence-corrected chi connectivity index (χ0v) is 10.4. The van der Waals surface area contributed by atoms with Crippen molar-refractivity contribution in [3.05, 3.63) is 23.9 Å². The van der Waals surface area contributed by atoms with E-state index >= 15 is 0 Å². The van der Waals surface area contributed by atoms with Crippen LogP contribution in [0, 0.1) is 0 Å². The first-order valence-corrected chi connectivity index (χ1v) is 5.96. The normalized spacial score (nSPS) is 25.8. The van der Waals surface area contributed by atoms with Crippen molar-refractivity contribution in [1.29, 1.82) is 0 Å². The molecule has 1 aliphatic rings. The molecule has 2 heterocycles. The van der Waals surface area contributed by atoms with Gasteiger partial charge in [0, 0.05) is 25.3 Å². The molecule has 1 saturated heterocycles. The molecular weight excluding hydrogens is 216 g/mol. The molecule has 94 valence electrons. The number of nitrogens with zero attached hydrogens (tertiary/aromatic N) is 2. The number of morpholine rings is 1. The Morgan fingerprint density at radius 3 is 3.18 bits per heavy atom. The van der Waals surface area contributed by atoms with E-state index in [0.717, 1.165) is 19.7 Å². The monoisotopic (exact) mass is 236 g/mol. The molecule has 0 aromatic carbocycles. The molecule has 0 bridgehead atoms. The summed E-state index contributed by atoms with van der Waals surface area (Å²) in [6, 6.07) is 4.45. The molecule has 1 aromatic rings. The Bertz CT molecular complexity index is 371. The summed E-state index contributed by atoms with van der Waals surface area (Å²) in [6.45, 7) is 6.97. The van der Waals surface area contributed by atoms with E-state index in [4.69, 9.17) is 10.6 Å². The van der Waals surface area contributed by atoms with Crippen LogP contribution >= 0.6 is 0 Å². The van der Waals surface area contributed by atoms with Crippen molar-refractivity contribution in [3.8, 4) is 0 Å². The molecule has 2 rings (SSSR count). The lowest BCUT2D eigenvalue weighted by Gasteiger charge is -2.36. The smallest absolute Gasteiger partial charge is 0.140 e. The number of anilines is 1. The molecule has 2 atom stereocenters. The molecule has 5 heteroatoms. The number of rotatable bonds is 3. The number of nitrogens with one attached hydrogen (secondary N) is 1. The van der Waals surface area contributed by atoms with Gasteiger partial charge >= 0.3 is 0 Å². The van der Waals surface area contributed by atoms with E-state index in [1.54, 1.807) is 6.20 Å². The summed E-state index contributed by atoms with van der Waals surface area (Å²) < 4.78 is 5.62. The van der Waals surface area contributed by atoms with Crippen molar-refractivity contribution < 1.29 is 4.74 Å². The maximum absolute atomic E-state index is 5.62. The van der Waals surface area contributed by atoms with Crippen LogP contribution in [-0.4, -0.2) is 35.2 Å². The van der Waals surface area contributed by atoms with Gasteiger partial charge in [0.25, 0.3) is 0 Å². The van der Waals surface area contributed by atoms with Crippen LogP contribution in [0.3, 0.4) is 0 Å². The maximum atomic E-state index is 5.62. The number of hydrogen-bond acceptors (Lipinski definition) is 5. The van der Waals surface area contributed by atoms with Crippen LogP contribution in [0.25, 0.3) is 0 Å².